The van der Waals surface area contributed by atoms with Gasteiger partial charge in [-0.25, -0.2) is 14.4 Å². The molecule has 6 atom stereocenters. The van der Waals surface area contributed by atoms with Gasteiger partial charge >= 0.3 is 18.2 Å². The molecule has 8 nitrogen and oxygen atoms in total. The highest BCUT2D eigenvalue weighted by Gasteiger charge is 2.55. The van der Waals surface area contributed by atoms with Crippen molar-refractivity contribution in [1.82, 2.24) is 5.32 Å². The predicted molar refractivity (Wildman–Crippen MR) is 128 cm³/mol. The molecule has 0 aromatic heterocycles. The Bertz CT molecular complexity index is 758. The SMILES string of the molecule is C=CC(=O)OCCCCCNC(=O)OCC1(C)CCC2C3CC(CC(C)(COC(N)=O)C3)C2C1. The number of ether oxygens (including phenoxy) is 3. The van der Waals surface area contributed by atoms with Gasteiger partial charge in [0.25, 0.3) is 0 Å². The van der Waals surface area contributed by atoms with Crippen molar-refractivity contribution < 1.29 is 28.6 Å². The van der Waals surface area contributed by atoms with E-state index in [1.807, 2.05) is 0 Å². The zero-order chi connectivity index (χ0) is 24.8. The summed E-state index contributed by atoms with van der Waals surface area (Å²) in [5, 5.41) is 2.83. The number of hydrogen-bond donors (Lipinski definition) is 2. The Kier molecular flexibility index (Phi) is 8.88. The van der Waals surface area contributed by atoms with E-state index in [1.165, 1.54) is 12.8 Å². The number of fused-ring (bicyclic) bond motifs is 5. The van der Waals surface area contributed by atoms with Crippen LogP contribution >= 0.6 is 0 Å². The van der Waals surface area contributed by atoms with Gasteiger partial charge in [0, 0.05) is 23.5 Å². The molecule has 192 valence electrons. The van der Waals surface area contributed by atoms with Crippen LogP contribution in [0.4, 0.5) is 9.59 Å². The van der Waals surface area contributed by atoms with E-state index in [0.717, 1.165) is 56.9 Å². The van der Waals surface area contributed by atoms with Crippen LogP contribution in [-0.2, 0) is 19.0 Å². The van der Waals surface area contributed by atoms with Crippen LogP contribution in [0.15, 0.2) is 12.7 Å². The van der Waals surface area contributed by atoms with Gasteiger partial charge in [-0.1, -0.05) is 20.4 Å². The summed E-state index contributed by atoms with van der Waals surface area (Å²) in [5.74, 6) is 2.31. The lowest BCUT2D eigenvalue weighted by atomic mass is 9.65. The molecule has 6 unspecified atom stereocenters. The smallest absolute Gasteiger partial charge is 0.407 e. The molecule has 8 heteroatoms. The van der Waals surface area contributed by atoms with Gasteiger partial charge in [0.2, 0.25) is 0 Å². The second-order valence-corrected chi connectivity index (χ2v) is 11.4. The van der Waals surface area contributed by atoms with Crippen molar-refractivity contribution in [3.05, 3.63) is 12.7 Å². The molecule has 34 heavy (non-hydrogen) atoms. The van der Waals surface area contributed by atoms with Crippen molar-refractivity contribution >= 4 is 18.2 Å². The minimum atomic E-state index is -0.686. The molecule has 2 bridgehead atoms. The van der Waals surface area contributed by atoms with E-state index in [4.69, 9.17) is 19.9 Å². The highest BCUT2D eigenvalue weighted by molar-refractivity contribution is 5.81. The van der Waals surface area contributed by atoms with Crippen LogP contribution in [0, 0.1) is 34.5 Å². The van der Waals surface area contributed by atoms with Crippen molar-refractivity contribution in [1.29, 1.82) is 0 Å². The average molecular weight is 479 g/mol. The number of rotatable bonds is 11. The number of esters is 1. The Morgan fingerprint density at radius 1 is 0.971 bits per heavy atom. The van der Waals surface area contributed by atoms with Gasteiger partial charge < -0.3 is 25.3 Å². The molecule has 0 saturated heterocycles. The number of alkyl carbamates (subject to hydrolysis) is 1. The van der Waals surface area contributed by atoms with Crippen molar-refractivity contribution in [3.8, 4) is 0 Å². The standard InChI is InChI=1S/C26H42N2O6/c1-4-22(29)32-11-7-5-6-10-28-24(31)34-16-25(2)9-8-20-18-12-19(21(20)15-25)14-26(3,13-18)17-33-23(27)30/h4,18-21H,1,5-17H2,2-3H3,(H2,27,30)(H,28,31). The topological polar surface area (TPSA) is 117 Å². The van der Waals surface area contributed by atoms with E-state index in [9.17, 15) is 14.4 Å². The molecule has 3 rings (SSSR count). The lowest BCUT2D eigenvalue weighted by Crippen LogP contribution is -2.38. The van der Waals surface area contributed by atoms with Crippen molar-refractivity contribution in [2.75, 3.05) is 26.4 Å². The molecule has 3 fully saturated rings. The number of amides is 2. The second kappa shape index (κ2) is 11.5. The zero-order valence-electron chi connectivity index (χ0n) is 20.8. The molecule has 0 aliphatic heterocycles. The molecule has 0 radical (unpaired) electrons. The van der Waals surface area contributed by atoms with Crippen molar-refractivity contribution in [2.24, 2.45) is 40.2 Å². The normalized spacial score (nSPS) is 33.9. The van der Waals surface area contributed by atoms with Gasteiger partial charge in [-0.05, 0) is 81.5 Å². The molecule has 3 aliphatic carbocycles. The molecule has 3 saturated carbocycles. The first-order chi connectivity index (χ1) is 16.1. The molecule has 0 spiro atoms. The number of unbranched alkanes of at least 4 members (excludes halogenated alkanes) is 2. The minimum Gasteiger partial charge on any atom is -0.463 e. The fourth-order valence-electron chi connectivity index (χ4n) is 6.82. The predicted octanol–water partition coefficient (Wildman–Crippen LogP) is 4.57. The summed E-state index contributed by atoms with van der Waals surface area (Å²) in [7, 11) is 0. The van der Waals surface area contributed by atoms with E-state index in [-0.39, 0.29) is 16.9 Å². The second-order valence-electron chi connectivity index (χ2n) is 11.4. The van der Waals surface area contributed by atoms with E-state index in [1.54, 1.807) is 0 Å². The van der Waals surface area contributed by atoms with Gasteiger partial charge in [0.05, 0.1) is 19.8 Å². The summed E-state index contributed by atoms with van der Waals surface area (Å²) >= 11 is 0. The summed E-state index contributed by atoms with van der Waals surface area (Å²) in [4.78, 5) is 34.3. The lowest BCUT2D eigenvalue weighted by Gasteiger charge is -2.41. The van der Waals surface area contributed by atoms with E-state index >= 15 is 0 Å². The van der Waals surface area contributed by atoms with Crippen LogP contribution in [0.5, 0.6) is 0 Å². The average Bonchev–Trinajstić information content (AvgIpc) is 3.05. The first kappa shape index (κ1) is 26.4. The van der Waals surface area contributed by atoms with Crippen LogP contribution in [-0.4, -0.2) is 44.5 Å². The largest absolute Gasteiger partial charge is 0.463 e. The molecule has 0 aromatic rings. The first-order valence-corrected chi connectivity index (χ1v) is 12.8. The highest BCUT2D eigenvalue weighted by Crippen LogP contribution is 2.62. The first-order valence-electron chi connectivity index (χ1n) is 12.8. The van der Waals surface area contributed by atoms with Gasteiger partial charge in [-0.2, -0.15) is 0 Å². The number of nitrogens with two attached hydrogens (primary N) is 1. The van der Waals surface area contributed by atoms with Gasteiger partial charge in [-0.3, -0.25) is 0 Å². The van der Waals surface area contributed by atoms with Crippen LogP contribution in [0.25, 0.3) is 0 Å². The summed E-state index contributed by atoms with van der Waals surface area (Å²) in [6, 6.07) is 0. The molecule has 3 N–H and O–H groups in total. The highest BCUT2D eigenvalue weighted by atomic mass is 16.6. The number of nitrogens with one attached hydrogen (secondary N) is 1. The minimum absolute atomic E-state index is 0.00510. The zero-order valence-corrected chi connectivity index (χ0v) is 20.8. The lowest BCUT2D eigenvalue weighted by molar-refractivity contribution is -0.137. The van der Waals surface area contributed by atoms with Crippen LogP contribution < -0.4 is 11.1 Å². The monoisotopic (exact) mass is 478 g/mol. The van der Waals surface area contributed by atoms with Crippen LogP contribution in [0.2, 0.25) is 0 Å². The maximum Gasteiger partial charge on any atom is 0.407 e. The Balaban J connectivity index is 1.37. The summed E-state index contributed by atoms with van der Waals surface area (Å²) < 4.78 is 15.7. The molecule has 3 aliphatic rings. The maximum atomic E-state index is 12.2. The molecule has 0 heterocycles. The Labute approximate surface area is 203 Å². The van der Waals surface area contributed by atoms with Gasteiger partial charge in [-0.15, -0.1) is 0 Å². The molecule has 2 amide bonds. The summed E-state index contributed by atoms with van der Waals surface area (Å²) in [6.07, 6.45) is 9.31. The Hall–Kier alpha value is -2.25. The third-order valence-electron chi connectivity index (χ3n) is 8.30. The third kappa shape index (κ3) is 7.12. The van der Waals surface area contributed by atoms with E-state index in [2.05, 4.69) is 25.7 Å². The van der Waals surface area contributed by atoms with Crippen LogP contribution in [0.3, 0.4) is 0 Å². The number of carbonyl (C=O) groups is 3. The summed E-state index contributed by atoms with van der Waals surface area (Å²) in [6.45, 7) is 9.61. The quantitative estimate of drug-likeness (QED) is 0.194. The fraction of sp³-hybridized carbons (Fsp3) is 0.808. The van der Waals surface area contributed by atoms with Crippen LogP contribution in [0.1, 0.15) is 71.6 Å². The molecular weight excluding hydrogens is 436 g/mol. The number of primary amides is 1. The Morgan fingerprint density at radius 2 is 1.68 bits per heavy atom. The maximum absolute atomic E-state index is 12.2. The number of hydrogen-bond acceptors (Lipinski definition) is 6. The fourth-order valence-corrected chi connectivity index (χ4v) is 6.82. The molecular formula is C26H42N2O6. The third-order valence-corrected chi connectivity index (χ3v) is 8.30. The Morgan fingerprint density at radius 3 is 2.38 bits per heavy atom. The van der Waals surface area contributed by atoms with E-state index in [0.29, 0.717) is 44.1 Å². The van der Waals surface area contributed by atoms with Gasteiger partial charge in [0.15, 0.2) is 0 Å². The van der Waals surface area contributed by atoms with Gasteiger partial charge in [0.1, 0.15) is 0 Å². The van der Waals surface area contributed by atoms with Crippen molar-refractivity contribution in [2.45, 2.75) is 71.6 Å². The summed E-state index contributed by atoms with van der Waals surface area (Å²) in [5.41, 5.74) is 5.23. The van der Waals surface area contributed by atoms with E-state index < -0.39 is 12.1 Å². The number of carbonyl (C=O) groups excluding carboxylic acids is 3. The van der Waals surface area contributed by atoms with Crippen molar-refractivity contribution in [3.63, 3.8) is 0 Å². The molecule has 0 aromatic carbocycles.